The number of anilines is 1. The molecule has 1 aromatic carbocycles. The lowest BCUT2D eigenvalue weighted by atomic mass is 10.1. The molecule has 0 saturated heterocycles. The van der Waals surface area contributed by atoms with Crippen LogP contribution in [0.25, 0.3) is 11.5 Å². The second-order valence-electron chi connectivity index (χ2n) is 4.75. The van der Waals surface area contributed by atoms with E-state index >= 15 is 0 Å². The highest BCUT2D eigenvalue weighted by molar-refractivity contribution is 5.54. The van der Waals surface area contributed by atoms with Crippen LogP contribution in [0, 0.1) is 0 Å². The molecule has 3 rings (SSSR count). The van der Waals surface area contributed by atoms with Crippen LogP contribution in [-0.4, -0.2) is 15.1 Å². The Kier molecular flexibility index (Phi) is 3.64. The highest BCUT2D eigenvalue weighted by Crippen LogP contribution is 2.20. The zero-order valence-electron chi connectivity index (χ0n) is 11.8. The van der Waals surface area contributed by atoms with Gasteiger partial charge in [-0.15, -0.1) is 0 Å². The maximum atomic E-state index is 5.93. The molecule has 0 amide bonds. The normalized spacial score (nSPS) is 10.7. The summed E-state index contributed by atoms with van der Waals surface area (Å²) >= 11 is 0. The summed E-state index contributed by atoms with van der Waals surface area (Å²) in [5.74, 6) is 1.06. The Morgan fingerprint density at radius 2 is 1.90 bits per heavy atom. The predicted molar refractivity (Wildman–Crippen MR) is 80.6 cm³/mol. The molecule has 0 aliphatic carbocycles. The van der Waals surface area contributed by atoms with Crippen LogP contribution in [0.5, 0.6) is 0 Å². The molecule has 3 aromatic rings. The predicted octanol–water partition coefficient (Wildman–Crippen LogP) is 2.87. The van der Waals surface area contributed by atoms with Gasteiger partial charge in [-0.1, -0.05) is 36.3 Å². The van der Waals surface area contributed by atoms with E-state index in [9.17, 15) is 0 Å². The Bertz CT molecular complexity index is 751. The Morgan fingerprint density at radius 3 is 2.71 bits per heavy atom. The summed E-state index contributed by atoms with van der Waals surface area (Å²) in [5.41, 5.74) is 9.51. The maximum Gasteiger partial charge on any atom is 0.231 e. The van der Waals surface area contributed by atoms with Crippen molar-refractivity contribution in [1.29, 1.82) is 0 Å². The van der Waals surface area contributed by atoms with Gasteiger partial charge >= 0.3 is 0 Å². The monoisotopic (exact) mass is 280 g/mol. The average Bonchev–Trinajstić information content (AvgIpc) is 2.98. The van der Waals surface area contributed by atoms with Gasteiger partial charge in [-0.2, -0.15) is 4.98 Å². The van der Waals surface area contributed by atoms with Gasteiger partial charge in [0, 0.05) is 11.9 Å². The first kappa shape index (κ1) is 13.3. The second kappa shape index (κ2) is 5.75. The number of para-hydroxylation sites is 1. The molecular formula is C16H16N4O. The Morgan fingerprint density at radius 1 is 1.10 bits per heavy atom. The van der Waals surface area contributed by atoms with Crippen molar-refractivity contribution in [2.75, 3.05) is 5.73 Å². The van der Waals surface area contributed by atoms with Crippen molar-refractivity contribution in [3.05, 3.63) is 59.6 Å². The van der Waals surface area contributed by atoms with Crippen molar-refractivity contribution in [3.63, 3.8) is 0 Å². The van der Waals surface area contributed by atoms with Gasteiger partial charge in [-0.25, -0.2) is 0 Å². The molecule has 0 unspecified atom stereocenters. The smallest absolute Gasteiger partial charge is 0.231 e. The fourth-order valence-corrected chi connectivity index (χ4v) is 2.21. The molecule has 2 heterocycles. The Labute approximate surface area is 122 Å². The second-order valence-corrected chi connectivity index (χ2v) is 4.75. The summed E-state index contributed by atoms with van der Waals surface area (Å²) in [6.45, 7) is 2.08. The minimum Gasteiger partial charge on any atom is -0.398 e. The third-order valence-corrected chi connectivity index (χ3v) is 3.35. The van der Waals surface area contributed by atoms with E-state index in [0.29, 0.717) is 18.1 Å². The molecule has 0 atom stereocenters. The lowest BCUT2D eigenvalue weighted by Gasteiger charge is -2.01. The van der Waals surface area contributed by atoms with Crippen LogP contribution in [0.4, 0.5) is 5.69 Å². The van der Waals surface area contributed by atoms with E-state index in [1.54, 1.807) is 6.20 Å². The first-order valence-electron chi connectivity index (χ1n) is 6.88. The van der Waals surface area contributed by atoms with Gasteiger partial charge in [0.25, 0.3) is 0 Å². The number of aryl methyl sites for hydroxylation is 1. The van der Waals surface area contributed by atoms with E-state index in [4.69, 9.17) is 10.3 Å². The van der Waals surface area contributed by atoms with Gasteiger partial charge < -0.3 is 10.3 Å². The Hall–Kier alpha value is -2.69. The summed E-state index contributed by atoms with van der Waals surface area (Å²) in [7, 11) is 0. The van der Waals surface area contributed by atoms with Crippen LogP contribution in [0.1, 0.15) is 23.9 Å². The number of hydrogen-bond acceptors (Lipinski definition) is 5. The summed E-state index contributed by atoms with van der Waals surface area (Å²) in [4.78, 5) is 8.78. The standard InChI is InChI=1S/C16H16N4O/c1-2-11-7-5-9-18-15(11)16-19-14(21-20-16)10-12-6-3-4-8-13(12)17/h3-9H,2,10,17H2,1H3. The van der Waals surface area contributed by atoms with Gasteiger partial charge in [0.05, 0.1) is 6.42 Å². The van der Waals surface area contributed by atoms with Crippen molar-refractivity contribution in [2.45, 2.75) is 19.8 Å². The molecule has 5 heteroatoms. The minimum absolute atomic E-state index is 0.522. The van der Waals surface area contributed by atoms with Crippen molar-refractivity contribution in [2.24, 2.45) is 0 Å². The molecule has 0 radical (unpaired) electrons. The molecule has 0 spiro atoms. The van der Waals surface area contributed by atoms with Crippen LogP contribution in [0.3, 0.4) is 0 Å². The first-order valence-corrected chi connectivity index (χ1v) is 6.88. The quantitative estimate of drug-likeness (QED) is 0.743. The summed E-state index contributed by atoms with van der Waals surface area (Å²) < 4.78 is 5.32. The van der Waals surface area contributed by atoms with Gasteiger partial charge in [-0.05, 0) is 29.7 Å². The summed E-state index contributed by atoms with van der Waals surface area (Å²) in [6.07, 6.45) is 3.13. The molecule has 0 aliphatic rings. The molecule has 2 N–H and O–H groups in total. The van der Waals surface area contributed by atoms with E-state index < -0.39 is 0 Å². The van der Waals surface area contributed by atoms with Crippen molar-refractivity contribution < 1.29 is 4.52 Å². The molecule has 0 fully saturated rings. The van der Waals surface area contributed by atoms with Gasteiger partial charge in [0.2, 0.25) is 11.7 Å². The fraction of sp³-hybridized carbons (Fsp3) is 0.188. The number of nitrogen functional groups attached to an aromatic ring is 1. The van der Waals surface area contributed by atoms with Crippen LogP contribution in [-0.2, 0) is 12.8 Å². The van der Waals surface area contributed by atoms with E-state index in [2.05, 4.69) is 22.0 Å². The van der Waals surface area contributed by atoms with E-state index in [0.717, 1.165) is 28.9 Å². The highest BCUT2D eigenvalue weighted by atomic mass is 16.5. The minimum atomic E-state index is 0.522. The molecule has 0 saturated carbocycles. The average molecular weight is 280 g/mol. The molecular weight excluding hydrogens is 264 g/mol. The maximum absolute atomic E-state index is 5.93. The van der Waals surface area contributed by atoms with E-state index in [1.807, 2.05) is 36.4 Å². The summed E-state index contributed by atoms with van der Waals surface area (Å²) in [6, 6.07) is 11.6. The zero-order chi connectivity index (χ0) is 14.7. The van der Waals surface area contributed by atoms with Gasteiger partial charge in [0.1, 0.15) is 5.69 Å². The largest absolute Gasteiger partial charge is 0.398 e. The zero-order valence-corrected chi connectivity index (χ0v) is 11.8. The number of hydrogen-bond donors (Lipinski definition) is 1. The highest BCUT2D eigenvalue weighted by Gasteiger charge is 2.13. The van der Waals surface area contributed by atoms with Crippen LogP contribution in [0.15, 0.2) is 47.1 Å². The van der Waals surface area contributed by atoms with Crippen LogP contribution in [0.2, 0.25) is 0 Å². The number of nitrogens with zero attached hydrogens (tertiary/aromatic N) is 3. The lowest BCUT2D eigenvalue weighted by Crippen LogP contribution is -1.96. The van der Waals surface area contributed by atoms with Crippen molar-refractivity contribution >= 4 is 5.69 Å². The third-order valence-electron chi connectivity index (χ3n) is 3.35. The molecule has 2 aromatic heterocycles. The number of nitrogens with two attached hydrogens (primary N) is 1. The molecule has 21 heavy (non-hydrogen) atoms. The number of pyridine rings is 1. The number of aromatic nitrogens is 3. The number of benzene rings is 1. The van der Waals surface area contributed by atoms with Crippen LogP contribution < -0.4 is 5.73 Å². The third kappa shape index (κ3) is 2.76. The summed E-state index contributed by atoms with van der Waals surface area (Å²) in [5, 5.41) is 4.03. The SMILES string of the molecule is CCc1cccnc1-c1noc(Cc2ccccc2N)n1. The molecule has 5 nitrogen and oxygen atoms in total. The van der Waals surface area contributed by atoms with E-state index in [1.165, 1.54) is 0 Å². The van der Waals surface area contributed by atoms with Crippen molar-refractivity contribution in [1.82, 2.24) is 15.1 Å². The topological polar surface area (TPSA) is 77.8 Å². The molecule has 106 valence electrons. The van der Waals surface area contributed by atoms with E-state index in [-0.39, 0.29) is 0 Å². The van der Waals surface area contributed by atoms with Gasteiger partial charge in [0.15, 0.2) is 0 Å². The number of rotatable bonds is 4. The lowest BCUT2D eigenvalue weighted by molar-refractivity contribution is 0.385. The first-order chi connectivity index (χ1) is 10.3. The van der Waals surface area contributed by atoms with Crippen molar-refractivity contribution in [3.8, 4) is 11.5 Å². The van der Waals surface area contributed by atoms with Gasteiger partial charge in [-0.3, -0.25) is 4.98 Å². The molecule has 0 bridgehead atoms. The molecule has 0 aliphatic heterocycles. The van der Waals surface area contributed by atoms with Crippen LogP contribution >= 0.6 is 0 Å². The fourth-order valence-electron chi connectivity index (χ4n) is 2.21. The Balaban J connectivity index is 1.89.